The lowest BCUT2D eigenvalue weighted by Gasteiger charge is -2.28. The van der Waals surface area contributed by atoms with Gasteiger partial charge in [-0.15, -0.1) is 0 Å². The minimum Gasteiger partial charge on any atom is -0.339 e. The average Bonchev–Trinajstić information content (AvgIpc) is 3.09. The monoisotopic (exact) mass is 272 g/mol. The van der Waals surface area contributed by atoms with Crippen molar-refractivity contribution >= 4 is 0 Å². The van der Waals surface area contributed by atoms with Gasteiger partial charge in [0.05, 0.1) is 5.41 Å². The van der Waals surface area contributed by atoms with Crippen molar-refractivity contribution in [2.75, 3.05) is 13.1 Å². The number of nitrogens with one attached hydrogen (secondary N) is 1. The summed E-state index contributed by atoms with van der Waals surface area (Å²) in [5.41, 5.74) is 1.14. The van der Waals surface area contributed by atoms with Crippen LogP contribution in [0.2, 0.25) is 0 Å². The van der Waals surface area contributed by atoms with E-state index in [1.807, 2.05) is 12.1 Å². The molecule has 1 unspecified atom stereocenters. The summed E-state index contributed by atoms with van der Waals surface area (Å²) in [7, 11) is 0. The van der Waals surface area contributed by atoms with Crippen molar-refractivity contribution in [1.29, 1.82) is 0 Å². The standard InChI is InChI=1S/C15H20N4O/c1-11(2)15(5-8-17-10-15)14-18-13(19-20-14)9-12-3-6-16-7-4-12/h3-4,6-7,11,17H,5,8-10H2,1-2H3. The van der Waals surface area contributed by atoms with E-state index in [0.29, 0.717) is 12.3 Å². The lowest BCUT2D eigenvalue weighted by Crippen LogP contribution is -2.35. The smallest absolute Gasteiger partial charge is 0.234 e. The Balaban J connectivity index is 1.83. The van der Waals surface area contributed by atoms with E-state index < -0.39 is 0 Å². The highest BCUT2D eigenvalue weighted by Gasteiger charge is 2.43. The summed E-state index contributed by atoms with van der Waals surface area (Å²) >= 11 is 0. The van der Waals surface area contributed by atoms with Gasteiger partial charge in [-0.1, -0.05) is 19.0 Å². The summed E-state index contributed by atoms with van der Waals surface area (Å²) in [5, 5.41) is 7.57. The highest BCUT2D eigenvalue weighted by molar-refractivity contribution is 5.17. The molecule has 0 aromatic carbocycles. The molecule has 1 atom stereocenters. The highest BCUT2D eigenvalue weighted by atomic mass is 16.5. The van der Waals surface area contributed by atoms with Crippen molar-refractivity contribution in [2.24, 2.45) is 5.92 Å². The molecule has 106 valence electrons. The molecule has 0 aliphatic carbocycles. The predicted octanol–water partition coefficient (Wildman–Crippen LogP) is 1.94. The Bertz CT molecular complexity index is 558. The molecule has 5 heteroatoms. The number of hydrogen-bond acceptors (Lipinski definition) is 5. The van der Waals surface area contributed by atoms with Crippen molar-refractivity contribution in [3.8, 4) is 0 Å². The molecule has 0 saturated carbocycles. The van der Waals surface area contributed by atoms with Gasteiger partial charge in [-0.25, -0.2) is 0 Å². The fourth-order valence-corrected chi connectivity index (χ4v) is 2.84. The van der Waals surface area contributed by atoms with Crippen molar-refractivity contribution in [2.45, 2.75) is 32.1 Å². The molecule has 3 rings (SSSR count). The molecule has 0 spiro atoms. The SMILES string of the molecule is CC(C)C1(c2nc(Cc3ccncc3)no2)CCNC1. The number of pyridine rings is 1. The van der Waals surface area contributed by atoms with Crippen LogP contribution in [0.15, 0.2) is 29.0 Å². The molecule has 3 heterocycles. The van der Waals surface area contributed by atoms with Crippen LogP contribution in [0, 0.1) is 5.92 Å². The normalized spacial score (nSPS) is 22.6. The molecule has 1 N–H and O–H groups in total. The maximum absolute atomic E-state index is 5.57. The molecule has 2 aromatic rings. The highest BCUT2D eigenvalue weighted by Crippen LogP contribution is 2.36. The molecule has 20 heavy (non-hydrogen) atoms. The second-order valence-corrected chi connectivity index (χ2v) is 5.79. The van der Waals surface area contributed by atoms with E-state index in [1.54, 1.807) is 12.4 Å². The quantitative estimate of drug-likeness (QED) is 0.921. The van der Waals surface area contributed by atoms with E-state index >= 15 is 0 Å². The molecular weight excluding hydrogens is 252 g/mol. The van der Waals surface area contributed by atoms with Gasteiger partial charge in [0.2, 0.25) is 5.89 Å². The van der Waals surface area contributed by atoms with E-state index in [-0.39, 0.29) is 5.41 Å². The zero-order valence-corrected chi connectivity index (χ0v) is 12.0. The van der Waals surface area contributed by atoms with E-state index in [1.165, 1.54) is 0 Å². The van der Waals surface area contributed by atoms with Gasteiger partial charge in [-0.2, -0.15) is 4.98 Å². The van der Waals surface area contributed by atoms with Gasteiger partial charge < -0.3 is 9.84 Å². The Morgan fingerprint density at radius 2 is 2.15 bits per heavy atom. The second kappa shape index (κ2) is 5.32. The van der Waals surface area contributed by atoms with Crippen molar-refractivity contribution in [1.82, 2.24) is 20.4 Å². The van der Waals surface area contributed by atoms with Crippen molar-refractivity contribution in [3.05, 3.63) is 41.8 Å². The third-order valence-electron chi connectivity index (χ3n) is 4.30. The van der Waals surface area contributed by atoms with Crippen molar-refractivity contribution in [3.63, 3.8) is 0 Å². The van der Waals surface area contributed by atoms with Gasteiger partial charge >= 0.3 is 0 Å². The predicted molar refractivity (Wildman–Crippen MR) is 75.3 cm³/mol. The van der Waals surface area contributed by atoms with Crippen LogP contribution in [0.25, 0.3) is 0 Å². The zero-order chi connectivity index (χ0) is 14.0. The van der Waals surface area contributed by atoms with Crippen LogP contribution in [-0.2, 0) is 11.8 Å². The van der Waals surface area contributed by atoms with Gasteiger partial charge in [0.25, 0.3) is 0 Å². The minimum absolute atomic E-state index is 0.0104. The van der Waals surface area contributed by atoms with E-state index in [9.17, 15) is 0 Å². The topological polar surface area (TPSA) is 63.8 Å². The Kier molecular flexibility index (Phi) is 3.53. The Labute approximate surface area is 118 Å². The fraction of sp³-hybridized carbons (Fsp3) is 0.533. The summed E-state index contributed by atoms with van der Waals surface area (Å²) in [5.74, 6) is 2.01. The van der Waals surface area contributed by atoms with E-state index in [0.717, 1.165) is 36.8 Å². The summed E-state index contributed by atoms with van der Waals surface area (Å²) in [6.45, 7) is 6.38. The maximum Gasteiger partial charge on any atom is 0.234 e. The van der Waals surface area contributed by atoms with Gasteiger partial charge in [-0.3, -0.25) is 4.98 Å². The molecule has 0 amide bonds. The molecule has 5 nitrogen and oxygen atoms in total. The van der Waals surface area contributed by atoms with Gasteiger partial charge in [0.15, 0.2) is 5.82 Å². The number of hydrogen-bond donors (Lipinski definition) is 1. The van der Waals surface area contributed by atoms with Crippen LogP contribution in [0.5, 0.6) is 0 Å². The number of rotatable bonds is 4. The van der Waals surface area contributed by atoms with Crippen LogP contribution >= 0.6 is 0 Å². The summed E-state index contributed by atoms with van der Waals surface area (Å²) in [6.07, 6.45) is 5.31. The molecule has 0 bridgehead atoms. The van der Waals surface area contributed by atoms with Gasteiger partial charge in [-0.05, 0) is 36.6 Å². The lowest BCUT2D eigenvalue weighted by atomic mass is 9.76. The Hall–Kier alpha value is -1.75. The van der Waals surface area contributed by atoms with Gasteiger partial charge in [0, 0.05) is 25.4 Å². The molecule has 1 aliphatic rings. The van der Waals surface area contributed by atoms with Crippen LogP contribution in [0.4, 0.5) is 0 Å². The third-order valence-corrected chi connectivity index (χ3v) is 4.30. The Morgan fingerprint density at radius 1 is 1.35 bits per heavy atom. The molecule has 1 aliphatic heterocycles. The average molecular weight is 272 g/mol. The minimum atomic E-state index is -0.0104. The van der Waals surface area contributed by atoms with Gasteiger partial charge in [0.1, 0.15) is 0 Å². The Morgan fingerprint density at radius 3 is 2.80 bits per heavy atom. The van der Waals surface area contributed by atoms with Crippen LogP contribution in [0.3, 0.4) is 0 Å². The molecule has 1 fully saturated rings. The van der Waals surface area contributed by atoms with E-state index in [4.69, 9.17) is 4.52 Å². The first-order valence-corrected chi connectivity index (χ1v) is 7.13. The summed E-state index contributed by atoms with van der Waals surface area (Å²) in [4.78, 5) is 8.66. The maximum atomic E-state index is 5.57. The number of nitrogens with zero attached hydrogens (tertiary/aromatic N) is 3. The third kappa shape index (κ3) is 2.33. The summed E-state index contributed by atoms with van der Waals surface area (Å²) < 4.78 is 5.57. The molecule has 0 radical (unpaired) electrons. The van der Waals surface area contributed by atoms with Crippen LogP contribution in [0.1, 0.15) is 37.5 Å². The van der Waals surface area contributed by atoms with Crippen LogP contribution < -0.4 is 5.32 Å². The molecule has 1 saturated heterocycles. The fourth-order valence-electron chi connectivity index (χ4n) is 2.84. The lowest BCUT2D eigenvalue weighted by molar-refractivity contribution is 0.234. The van der Waals surface area contributed by atoms with E-state index in [2.05, 4.69) is 34.3 Å². The molecular formula is C15H20N4O. The first-order chi connectivity index (χ1) is 9.71. The first kappa shape index (κ1) is 13.2. The van der Waals surface area contributed by atoms with Crippen LogP contribution in [-0.4, -0.2) is 28.2 Å². The van der Waals surface area contributed by atoms with Crippen molar-refractivity contribution < 1.29 is 4.52 Å². The molecule has 2 aromatic heterocycles. The number of aromatic nitrogens is 3. The first-order valence-electron chi connectivity index (χ1n) is 7.13. The largest absolute Gasteiger partial charge is 0.339 e. The zero-order valence-electron chi connectivity index (χ0n) is 12.0. The summed E-state index contributed by atoms with van der Waals surface area (Å²) in [6, 6.07) is 3.96. The second-order valence-electron chi connectivity index (χ2n) is 5.79.